The first-order valence-electron chi connectivity index (χ1n) is 7.62. The molecule has 1 rings (SSSR count). The van der Waals surface area contributed by atoms with Crippen molar-refractivity contribution in [3.63, 3.8) is 0 Å². The zero-order valence-corrected chi connectivity index (χ0v) is 13.4. The van der Waals surface area contributed by atoms with E-state index in [1.54, 1.807) is 0 Å². The fourth-order valence-electron chi connectivity index (χ4n) is 2.54. The van der Waals surface area contributed by atoms with E-state index >= 15 is 0 Å². The molecule has 112 valence electrons. The highest BCUT2D eigenvalue weighted by Gasteiger charge is 2.23. The second-order valence-corrected chi connectivity index (χ2v) is 7.55. The molecule has 1 aliphatic rings. The molecule has 0 aromatic heterocycles. The fraction of sp³-hybridized carbons (Fsp3) is 0.938. The molecule has 0 bridgehead atoms. The standard InChI is InChI=1S/C16H31NO2/c1-15(2,3)19-14(18)8-6-11-17-12-7-9-16(4,5)10-13-17/h6-13H2,1-5H3. The average molecular weight is 269 g/mol. The molecule has 1 heterocycles. The van der Waals surface area contributed by atoms with Crippen LogP contribution in [0, 0.1) is 5.41 Å². The van der Waals surface area contributed by atoms with E-state index < -0.39 is 0 Å². The molecule has 0 aromatic rings. The topological polar surface area (TPSA) is 29.5 Å². The van der Waals surface area contributed by atoms with Crippen molar-refractivity contribution in [3.8, 4) is 0 Å². The minimum atomic E-state index is -0.357. The van der Waals surface area contributed by atoms with E-state index in [0.29, 0.717) is 11.8 Å². The van der Waals surface area contributed by atoms with Crippen molar-refractivity contribution >= 4 is 5.97 Å². The van der Waals surface area contributed by atoms with Crippen LogP contribution in [0.3, 0.4) is 0 Å². The summed E-state index contributed by atoms with van der Waals surface area (Å²) >= 11 is 0. The highest BCUT2D eigenvalue weighted by atomic mass is 16.6. The Labute approximate surface area is 118 Å². The van der Waals surface area contributed by atoms with Crippen molar-refractivity contribution in [2.45, 2.75) is 72.3 Å². The van der Waals surface area contributed by atoms with E-state index in [0.717, 1.165) is 13.0 Å². The molecule has 3 nitrogen and oxygen atoms in total. The van der Waals surface area contributed by atoms with Crippen LogP contribution in [0.25, 0.3) is 0 Å². The number of nitrogens with zero attached hydrogens (tertiary/aromatic N) is 1. The predicted octanol–water partition coefficient (Wildman–Crippen LogP) is 3.62. The molecule has 19 heavy (non-hydrogen) atoms. The SMILES string of the molecule is CC1(C)CCCN(CCCC(=O)OC(C)(C)C)CC1. The predicted molar refractivity (Wildman–Crippen MR) is 79.2 cm³/mol. The number of esters is 1. The number of carbonyl (C=O) groups is 1. The molecule has 0 aromatic carbocycles. The molecule has 0 aliphatic carbocycles. The zero-order valence-electron chi connectivity index (χ0n) is 13.4. The van der Waals surface area contributed by atoms with Gasteiger partial charge in [-0.15, -0.1) is 0 Å². The fourth-order valence-corrected chi connectivity index (χ4v) is 2.54. The van der Waals surface area contributed by atoms with Crippen molar-refractivity contribution < 1.29 is 9.53 Å². The Balaban J connectivity index is 2.21. The summed E-state index contributed by atoms with van der Waals surface area (Å²) in [6, 6.07) is 0. The van der Waals surface area contributed by atoms with Crippen LogP contribution in [0.15, 0.2) is 0 Å². The monoisotopic (exact) mass is 269 g/mol. The third kappa shape index (κ3) is 7.56. The van der Waals surface area contributed by atoms with Gasteiger partial charge in [-0.1, -0.05) is 13.8 Å². The largest absolute Gasteiger partial charge is 0.460 e. The van der Waals surface area contributed by atoms with E-state index in [2.05, 4.69) is 18.7 Å². The molecule has 1 fully saturated rings. The van der Waals surface area contributed by atoms with Crippen LogP contribution < -0.4 is 0 Å². The summed E-state index contributed by atoms with van der Waals surface area (Å²) < 4.78 is 5.33. The smallest absolute Gasteiger partial charge is 0.306 e. The molecule has 0 N–H and O–H groups in total. The van der Waals surface area contributed by atoms with Gasteiger partial charge < -0.3 is 9.64 Å². The zero-order chi connectivity index (χ0) is 14.5. The lowest BCUT2D eigenvalue weighted by atomic mass is 9.85. The molecule has 0 unspecified atom stereocenters. The Kier molecular flexibility index (Phi) is 5.84. The Morgan fingerprint density at radius 3 is 2.53 bits per heavy atom. The number of hydrogen-bond donors (Lipinski definition) is 0. The summed E-state index contributed by atoms with van der Waals surface area (Å²) in [4.78, 5) is 14.1. The first-order chi connectivity index (χ1) is 8.68. The Bertz CT molecular complexity index is 292. The lowest BCUT2D eigenvalue weighted by molar-refractivity contribution is -0.155. The average Bonchev–Trinajstić information content (AvgIpc) is 2.37. The molecule has 1 saturated heterocycles. The highest BCUT2D eigenvalue weighted by Crippen LogP contribution is 2.29. The van der Waals surface area contributed by atoms with Crippen LogP contribution >= 0.6 is 0 Å². The maximum Gasteiger partial charge on any atom is 0.306 e. The van der Waals surface area contributed by atoms with Crippen molar-refractivity contribution in [1.82, 2.24) is 4.90 Å². The van der Waals surface area contributed by atoms with Crippen LogP contribution in [0.5, 0.6) is 0 Å². The van der Waals surface area contributed by atoms with E-state index in [1.807, 2.05) is 20.8 Å². The van der Waals surface area contributed by atoms with Crippen LogP contribution in [-0.2, 0) is 9.53 Å². The molecule has 0 saturated carbocycles. The van der Waals surface area contributed by atoms with Gasteiger partial charge in [0.05, 0.1) is 0 Å². The number of likely N-dealkylation sites (tertiary alicyclic amines) is 1. The third-order valence-corrected chi connectivity index (χ3v) is 3.71. The van der Waals surface area contributed by atoms with Gasteiger partial charge in [0.1, 0.15) is 5.60 Å². The third-order valence-electron chi connectivity index (χ3n) is 3.71. The first kappa shape index (κ1) is 16.5. The van der Waals surface area contributed by atoms with Gasteiger partial charge in [0.2, 0.25) is 0 Å². The number of ether oxygens (including phenoxy) is 1. The van der Waals surface area contributed by atoms with Crippen LogP contribution in [0.1, 0.15) is 66.7 Å². The van der Waals surface area contributed by atoms with Crippen molar-refractivity contribution in [2.24, 2.45) is 5.41 Å². The molecule has 0 atom stereocenters. The molecule has 0 amide bonds. The lowest BCUT2D eigenvalue weighted by Gasteiger charge is -2.23. The molecule has 0 radical (unpaired) electrons. The number of hydrogen-bond acceptors (Lipinski definition) is 3. The van der Waals surface area contributed by atoms with E-state index in [-0.39, 0.29) is 11.6 Å². The maximum absolute atomic E-state index is 11.6. The van der Waals surface area contributed by atoms with Crippen molar-refractivity contribution in [1.29, 1.82) is 0 Å². The summed E-state index contributed by atoms with van der Waals surface area (Å²) in [5.41, 5.74) is 0.129. The first-order valence-corrected chi connectivity index (χ1v) is 7.62. The maximum atomic E-state index is 11.6. The summed E-state index contributed by atoms with van der Waals surface area (Å²) in [6.07, 6.45) is 5.31. The molecular formula is C16H31NO2. The molecular weight excluding hydrogens is 238 g/mol. The Hall–Kier alpha value is -0.570. The van der Waals surface area contributed by atoms with Gasteiger partial charge in [-0.25, -0.2) is 0 Å². The lowest BCUT2D eigenvalue weighted by Crippen LogP contribution is -2.28. The van der Waals surface area contributed by atoms with Crippen LogP contribution in [0.4, 0.5) is 0 Å². The van der Waals surface area contributed by atoms with Gasteiger partial charge in [-0.05, 0) is 71.5 Å². The van der Waals surface area contributed by atoms with Gasteiger partial charge in [0, 0.05) is 6.42 Å². The van der Waals surface area contributed by atoms with Crippen molar-refractivity contribution in [2.75, 3.05) is 19.6 Å². The van der Waals surface area contributed by atoms with Crippen LogP contribution in [-0.4, -0.2) is 36.1 Å². The minimum Gasteiger partial charge on any atom is -0.460 e. The summed E-state index contributed by atoms with van der Waals surface area (Å²) in [6.45, 7) is 13.8. The molecule has 3 heteroatoms. The second kappa shape index (κ2) is 6.74. The molecule has 0 spiro atoms. The normalized spacial score (nSPS) is 20.9. The summed E-state index contributed by atoms with van der Waals surface area (Å²) in [5, 5.41) is 0. The van der Waals surface area contributed by atoms with Gasteiger partial charge in [0.25, 0.3) is 0 Å². The number of carbonyl (C=O) groups excluding carboxylic acids is 1. The summed E-state index contributed by atoms with van der Waals surface area (Å²) in [7, 11) is 0. The quantitative estimate of drug-likeness (QED) is 0.730. The highest BCUT2D eigenvalue weighted by molar-refractivity contribution is 5.69. The Morgan fingerprint density at radius 2 is 1.89 bits per heavy atom. The van der Waals surface area contributed by atoms with E-state index in [9.17, 15) is 4.79 Å². The number of rotatable bonds is 4. The van der Waals surface area contributed by atoms with E-state index in [1.165, 1.54) is 32.4 Å². The molecule has 1 aliphatic heterocycles. The summed E-state index contributed by atoms with van der Waals surface area (Å²) in [5.74, 6) is -0.0670. The van der Waals surface area contributed by atoms with Gasteiger partial charge in [-0.3, -0.25) is 4.79 Å². The van der Waals surface area contributed by atoms with Gasteiger partial charge >= 0.3 is 5.97 Å². The van der Waals surface area contributed by atoms with Gasteiger partial charge in [-0.2, -0.15) is 0 Å². The van der Waals surface area contributed by atoms with Crippen LogP contribution in [0.2, 0.25) is 0 Å². The van der Waals surface area contributed by atoms with Crippen molar-refractivity contribution in [3.05, 3.63) is 0 Å². The van der Waals surface area contributed by atoms with Gasteiger partial charge in [0.15, 0.2) is 0 Å². The second-order valence-electron chi connectivity index (χ2n) is 7.55. The van der Waals surface area contributed by atoms with E-state index in [4.69, 9.17) is 4.74 Å². The Morgan fingerprint density at radius 1 is 1.21 bits per heavy atom. The minimum absolute atomic E-state index is 0.0670.